The lowest BCUT2D eigenvalue weighted by Crippen LogP contribution is -2.48. The fourth-order valence-electron chi connectivity index (χ4n) is 3.03. The van der Waals surface area contributed by atoms with Gasteiger partial charge < -0.3 is 15.3 Å². The number of carboxylic acid groups (broad SMARTS) is 1. The quantitative estimate of drug-likeness (QED) is 0.799. The fraction of sp³-hybridized carbons (Fsp3) is 0.316. The minimum atomic E-state index is -1.04. The molecular formula is C19H21FN4O3. The minimum Gasteiger partial charge on any atom is -0.477 e. The maximum absolute atomic E-state index is 13.6. The first-order chi connectivity index (χ1) is 13.0. The largest absolute Gasteiger partial charge is 0.477 e. The zero-order chi connectivity index (χ0) is 19.2. The van der Waals surface area contributed by atoms with E-state index < -0.39 is 17.7 Å². The van der Waals surface area contributed by atoms with Crippen molar-refractivity contribution in [2.24, 2.45) is 0 Å². The summed E-state index contributed by atoms with van der Waals surface area (Å²) in [5.41, 5.74) is 0.926. The summed E-state index contributed by atoms with van der Waals surface area (Å²) < 4.78 is 13.6. The molecule has 0 bridgehead atoms. The van der Waals surface area contributed by atoms with Crippen LogP contribution in [-0.4, -0.2) is 66.1 Å². The first kappa shape index (κ1) is 18.8. The van der Waals surface area contributed by atoms with Gasteiger partial charge in [-0.3, -0.25) is 9.69 Å². The van der Waals surface area contributed by atoms with E-state index in [9.17, 15) is 14.0 Å². The van der Waals surface area contributed by atoms with Crippen LogP contribution in [0, 0.1) is 5.82 Å². The van der Waals surface area contributed by atoms with Gasteiger partial charge >= 0.3 is 5.97 Å². The lowest BCUT2D eigenvalue weighted by atomic mass is 10.2. The van der Waals surface area contributed by atoms with Gasteiger partial charge in [0.15, 0.2) is 0 Å². The molecule has 1 aliphatic heterocycles. The Morgan fingerprint density at radius 2 is 1.89 bits per heavy atom. The second-order valence-corrected chi connectivity index (χ2v) is 6.27. The number of pyridine rings is 1. The van der Waals surface area contributed by atoms with Crippen LogP contribution in [0.3, 0.4) is 0 Å². The second kappa shape index (κ2) is 8.59. The van der Waals surface area contributed by atoms with E-state index in [2.05, 4.69) is 20.1 Å². The molecule has 0 atom stereocenters. The maximum Gasteiger partial charge on any atom is 0.354 e. The van der Waals surface area contributed by atoms with Crippen LogP contribution in [0.15, 0.2) is 42.6 Å². The molecule has 2 aromatic rings. The van der Waals surface area contributed by atoms with Crippen LogP contribution in [-0.2, 0) is 0 Å². The van der Waals surface area contributed by atoms with Gasteiger partial charge in [0.1, 0.15) is 11.5 Å². The topological polar surface area (TPSA) is 85.8 Å². The van der Waals surface area contributed by atoms with Crippen LogP contribution in [0.2, 0.25) is 0 Å². The highest BCUT2D eigenvalue weighted by molar-refractivity contribution is 5.94. The van der Waals surface area contributed by atoms with Crippen LogP contribution in [0.4, 0.5) is 10.1 Å². The van der Waals surface area contributed by atoms with E-state index in [-0.39, 0.29) is 11.3 Å². The summed E-state index contributed by atoms with van der Waals surface area (Å²) in [4.78, 5) is 31.2. The molecule has 1 saturated heterocycles. The Balaban J connectivity index is 1.45. The second-order valence-electron chi connectivity index (χ2n) is 6.27. The number of halogens is 1. The van der Waals surface area contributed by atoms with E-state index in [0.717, 1.165) is 31.9 Å². The van der Waals surface area contributed by atoms with Gasteiger partial charge in [-0.15, -0.1) is 0 Å². The van der Waals surface area contributed by atoms with Crippen LogP contribution in [0.25, 0.3) is 0 Å². The van der Waals surface area contributed by atoms with Gasteiger partial charge in [-0.25, -0.2) is 14.2 Å². The number of aromatic nitrogens is 1. The molecule has 0 radical (unpaired) electrons. The number of amides is 1. The van der Waals surface area contributed by atoms with Gasteiger partial charge in [-0.05, 0) is 24.3 Å². The van der Waals surface area contributed by atoms with Crippen LogP contribution < -0.4 is 10.2 Å². The van der Waals surface area contributed by atoms with Crippen molar-refractivity contribution in [3.63, 3.8) is 0 Å². The molecule has 7 nitrogen and oxygen atoms in total. The third-order valence-electron chi connectivity index (χ3n) is 4.53. The standard InChI is InChI=1S/C19H21FN4O3/c20-16-4-2-1-3-15(16)18(25)22-7-8-23-9-11-24(12-10-23)14-5-6-21-17(13-14)19(26)27/h1-6,13H,7-12H2,(H,22,25)(H,26,27). The number of carboxylic acids is 1. The number of hydrogen-bond acceptors (Lipinski definition) is 5. The Hall–Kier alpha value is -3.00. The third kappa shape index (κ3) is 4.79. The molecule has 0 saturated carbocycles. The van der Waals surface area contributed by atoms with Gasteiger partial charge in [0, 0.05) is 51.2 Å². The predicted molar refractivity (Wildman–Crippen MR) is 98.6 cm³/mol. The van der Waals surface area contributed by atoms with Crippen molar-refractivity contribution in [3.05, 3.63) is 59.7 Å². The molecule has 27 heavy (non-hydrogen) atoms. The number of piperazine rings is 1. The summed E-state index contributed by atoms with van der Waals surface area (Å²) in [6, 6.07) is 9.29. The average molecular weight is 372 g/mol. The molecule has 0 aliphatic carbocycles. The zero-order valence-electron chi connectivity index (χ0n) is 14.8. The van der Waals surface area contributed by atoms with E-state index in [1.54, 1.807) is 24.3 Å². The molecule has 0 unspecified atom stereocenters. The van der Waals surface area contributed by atoms with E-state index in [4.69, 9.17) is 5.11 Å². The molecule has 1 amide bonds. The van der Waals surface area contributed by atoms with Crippen LogP contribution in [0.5, 0.6) is 0 Å². The monoisotopic (exact) mass is 372 g/mol. The van der Waals surface area contributed by atoms with Crippen molar-refractivity contribution in [3.8, 4) is 0 Å². The summed E-state index contributed by atoms with van der Waals surface area (Å²) in [5, 5.41) is 11.8. The zero-order valence-corrected chi connectivity index (χ0v) is 14.8. The molecule has 1 aromatic carbocycles. The number of carbonyl (C=O) groups excluding carboxylic acids is 1. The normalized spacial score (nSPS) is 14.8. The Bertz CT molecular complexity index is 822. The number of nitrogens with one attached hydrogen (secondary N) is 1. The molecule has 0 spiro atoms. The highest BCUT2D eigenvalue weighted by atomic mass is 19.1. The highest BCUT2D eigenvalue weighted by Crippen LogP contribution is 2.16. The molecule has 8 heteroatoms. The molecule has 2 N–H and O–H groups in total. The molecule has 142 valence electrons. The van der Waals surface area contributed by atoms with Crippen LogP contribution in [0.1, 0.15) is 20.8 Å². The number of anilines is 1. The number of nitrogens with zero attached hydrogens (tertiary/aromatic N) is 3. The fourth-order valence-corrected chi connectivity index (χ4v) is 3.03. The smallest absolute Gasteiger partial charge is 0.354 e. The van der Waals surface area contributed by atoms with Gasteiger partial charge in [0.2, 0.25) is 0 Å². The highest BCUT2D eigenvalue weighted by Gasteiger charge is 2.18. The molecule has 2 heterocycles. The van der Waals surface area contributed by atoms with Gasteiger partial charge in [0.05, 0.1) is 5.56 Å². The van der Waals surface area contributed by atoms with E-state index in [1.807, 2.05) is 0 Å². The predicted octanol–water partition coefficient (Wildman–Crippen LogP) is 1.47. The van der Waals surface area contributed by atoms with Gasteiger partial charge in [0.25, 0.3) is 5.91 Å². The molecular weight excluding hydrogens is 351 g/mol. The lowest BCUT2D eigenvalue weighted by Gasteiger charge is -2.36. The molecule has 1 aliphatic rings. The van der Waals surface area contributed by atoms with E-state index in [1.165, 1.54) is 18.3 Å². The molecule has 3 rings (SSSR count). The van der Waals surface area contributed by atoms with Crippen molar-refractivity contribution in [1.82, 2.24) is 15.2 Å². The van der Waals surface area contributed by atoms with Gasteiger partial charge in [-0.2, -0.15) is 0 Å². The van der Waals surface area contributed by atoms with Crippen molar-refractivity contribution >= 4 is 17.6 Å². The first-order valence-electron chi connectivity index (χ1n) is 8.74. The summed E-state index contributed by atoms with van der Waals surface area (Å²) in [7, 11) is 0. The Kier molecular flexibility index (Phi) is 5.97. The number of aromatic carboxylic acids is 1. The Labute approximate surface area is 156 Å². The SMILES string of the molecule is O=C(O)c1cc(N2CCN(CCNC(=O)c3ccccc3F)CC2)ccn1. The van der Waals surface area contributed by atoms with E-state index in [0.29, 0.717) is 13.1 Å². The number of carbonyl (C=O) groups is 2. The number of benzene rings is 1. The molecule has 1 fully saturated rings. The maximum atomic E-state index is 13.6. The molecule has 1 aromatic heterocycles. The van der Waals surface area contributed by atoms with E-state index >= 15 is 0 Å². The number of rotatable bonds is 6. The first-order valence-corrected chi connectivity index (χ1v) is 8.74. The Morgan fingerprint density at radius 1 is 1.15 bits per heavy atom. The minimum absolute atomic E-state index is 0.0331. The summed E-state index contributed by atoms with van der Waals surface area (Å²) >= 11 is 0. The summed E-state index contributed by atoms with van der Waals surface area (Å²) in [6.45, 7) is 4.20. The lowest BCUT2D eigenvalue weighted by molar-refractivity contribution is 0.0690. The van der Waals surface area contributed by atoms with Crippen molar-refractivity contribution in [2.75, 3.05) is 44.2 Å². The van der Waals surface area contributed by atoms with Crippen molar-refractivity contribution in [2.45, 2.75) is 0 Å². The van der Waals surface area contributed by atoms with Crippen LogP contribution >= 0.6 is 0 Å². The van der Waals surface area contributed by atoms with Crippen molar-refractivity contribution in [1.29, 1.82) is 0 Å². The van der Waals surface area contributed by atoms with Gasteiger partial charge in [-0.1, -0.05) is 12.1 Å². The Morgan fingerprint density at radius 3 is 2.59 bits per heavy atom. The summed E-state index contributed by atoms with van der Waals surface area (Å²) in [6.07, 6.45) is 1.50. The summed E-state index contributed by atoms with van der Waals surface area (Å²) in [5.74, 6) is -1.98. The average Bonchev–Trinajstić information content (AvgIpc) is 2.69. The number of hydrogen-bond donors (Lipinski definition) is 2. The van der Waals surface area contributed by atoms with Crippen molar-refractivity contribution < 1.29 is 19.1 Å². The third-order valence-corrected chi connectivity index (χ3v) is 4.53.